The molecular weight excluding hydrogens is 554 g/mol. The van der Waals surface area contributed by atoms with Gasteiger partial charge in [-0.15, -0.1) is 0 Å². The molecule has 4 rings (SSSR count). The van der Waals surface area contributed by atoms with Gasteiger partial charge in [-0.05, 0) is 92.7 Å². The zero-order valence-electron chi connectivity index (χ0n) is 26.5. The highest BCUT2D eigenvalue weighted by Crippen LogP contribution is 2.29. The Bertz CT molecular complexity index is 1520. The molecule has 2 aromatic carbocycles. The molecule has 2 aromatic heterocycles. The Labute approximate surface area is 262 Å². The molecule has 5 nitrogen and oxygen atoms in total. The van der Waals surface area contributed by atoms with Crippen LogP contribution in [0.4, 0.5) is 0 Å². The molecule has 0 aliphatic heterocycles. The fourth-order valence-electron chi connectivity index (χ4n) is 5.88. The summed E-state index contributed by atoms with van der Waals surface area (Å²) in [5.41, 5.74) is 5.67. The molecule has 0 aliphatic rings. The van der Waals surface area contributed by atoms with Crippen LogP contribution in [0.15, 0.2) is 66.9 Å². The molecule has 0 atom stereocenters. The number of hydrogen-bond donors (Lipinski definition) is 0. The van der Waals surface area contributed by atoms with Crippen LogP contribution in [0, 0.1) is 19.3 Å². The lowest BCUT2D eigenvalue weighted by molar-refractivity contribution is -0.118. The SMILES string of the molecule is Cc1ccc2c(c1)c(CC(=O)CCCCCCCN(Cc1ccccn1)CC(C)(C)C)c(C)n2C(=O)c1ccc(Cl)cc1. The van der Waals surface area contributed by atoms with Crippen molar-refractivity contribution in [2.75, 3.05) is 13.1 Å². The number of ketones is 1. The number of nitrogens with zero attached hydrogens (tertiary/aromatic N) is 3. The van der Waals surface area contributed by atoms with Gasteiger partial charge in [-0.2, -0.15) is 0 Å². The number of aryl methyl sites for hydroxylation is 1. The normalized spacial score (nSPS) is 11.9. The van der Waals surface area contributed by atoms with E-state index in [0.29, 0.717) is 23.4 Å². The van der Waals surface area contributed by atoms with E-state index in [9.17, 15) is 9.59 Å². The third-order valence-electron chi connectivity index (χ3n) is 7.90. The van der Waals surface area contributed by atoms with Gasteiger partial charge in [-0.1, -0.05) is 69.3 Å². The summed E-state index contributed by atoms with van der Waals surface area (Å²) in [5.74, 6) is 0.122. The van der Waals surface area contributed by atoms with E-state index in [1.54, 1.807) is 28.8 Å². The fraction of sp³-hybridized carbons (Fsp3) is 0.432. The van der Waals surface area contributed by atoms with Crippen LogP contribution in [0.5, 0.6) is 0 Å². The lowest BCUT2D eigenvalue weighted by Crippen LogP contribution is -2.33. The second-order valence-corrected chi connectivity index (χ2v) is 13.5. The molecule has 0 saturated heterocycles. The number of aromatic nitrogens is 2. The number of rotatable bonds is 14. The van der Waals surface area contributed by atoms with Crippen LogP contribution in [-0.4, -0.2) is 39.2 Å². The van der Waals surface area contributed by atoms with Crippen molar-refractivity contribution in [1.29, 1.82) is 0 Å². The summed E-state index contributed by atoms with van der Waals surface area (Å²) in [5, 5.41) is 1.58. The molecule has 4 aromatic rings. The molecule has 228 valence electrons. The van der Waals surface area contributed by atoms with Gasteiger partial charge in [0.1, 0.15) is 5.78 Å². The minimum atomic E-state index is -0.109. The maximum absolute atomic E-state index is 13.5. The van der Waals surface area contributed by atoms with Crippen molar-refractivity contribution in [2.24, 2.45) is 5.41 Å². The summed E-state index contributed by atoms with van der Waals surface area (Å²) >= 11 is 6.05. The number of hydrogen-bond acceptors (Lipinski definition) is 4. The summed E-state index contributed by atoms with van der Waals surface area (Å²) in [6.07, 6.45) is 8.19. The van der Waals surface area contributed by atoms with Crippen LogP contribution in [0.1, 0.15) is 92.2 Å². The molecular formula is C37H46ClN3O2. The first-order chi connectivity index (χ1) is 20.5. The van der Waals surface area contributed by atoms with Crippen molar-refractivity contribution in [3.8, 4) is 0 Å². The van der Waals surface area contributed by atoms with Gasteiger partial charge in [-0.3, -0.25) is 24.0 Å². The number of benzene rings is 2. The molecule has 2 heterocycles. The predicted octanol–water partition coefficient (Wildman–Crippen LogP) is 9.00. The van der Waals surface area contributed by atoms with Crippen molar-refractivity contribution >= 4 is 34.2 Å². The lowest BCUT2D eigenvalue weighted by Gasteiger charge is -2.29. The molecule has 0 N–H and O–H groups in total. The van der Waals surface area contributed by atoms with Gasteiger partial charge in [-0.25, -0.2) is 0 Å². The molecule has 0 spiro atoms. The van der Waals surface area contributed by atoms with Gasteiger partial charge < -0.3 is 0 Å². The number of pyridine rings is 1. The molecule has 0 bridgehead atoms. The van der Waals surface area contributed by atoms with Crippen LogP contribution in [0.2, 0.25) is 5.02 Å². The first kappa shape index (κ1) is 32.6. The highest BCUT2D eigenvalue weighted by molar-refractivity contribution is 6.30. The minimum absolute atomic E-state index is 0.109. The van der Waals surface area contributed by atoms with E-state index in [2.05, 4.69) is 48.9 Å². The maximum atomic E-state index is 13.5. The number of Topliss-reactive ketones (excluding diaryl/α,β-unsaturated/α-hetero) is 1. The van der Waals surface area contributed by atoms with E-state index in [1.165, 1.54) is 0 Å². The fourth-order valence-corrected chi connectivity index (χ4v) is 6.01. The largest absolute Gasteiger partial charge is 0.299 e. The predicted molar refractivity (Wildman–Crippen MR) is 178 cm³/mol. The third kappa shape index (κ3) is 9.35. The van der Waals surface area contributed by atoms with E-state index >= 15 is 0 Å². The zero-order chi connectivity index (χ0) is 31.0. The number of carbonyl (C=O) groups is 2. The molecule has 0 aliphatic carbocycles. The minimum Gasteiger partial charge on any atom is -0.299 e. The van der Waals surface area contributed by atoms with E-state index in [4.69, 9.17) is 11.6 Å². The summed E-state index contributed by atoms with van der Waals surface area (Å²) in [4.78, 5) is 33.7. The van der Waals surface area contributed by atoms with Crippen LogP contribution < -0.4 is 0 Å². The lowest BCUT2D eigenvalue weighted by atomic mass is 9.95. The van der Waals surface area contributed by atoms with Crippen molar-refractivity contribution in [3.63, 3.8) is 0 Å². The van der Waals surface area contributed by atoms with Crippen molar-refractivity contribution in [3.05, 3.63) is 100.0 Å². The Morgan fingerprint density at radius 1 is 0.907 bits per heavy atom. The number of carbonyl (C=O) groups excluding carboxylic acids is 2. The second-order valence-electron chi connectivity index (χ2n) is 13.1. The Morgan fingerprint density at radius 2 is 1.63 bits per heavy atom. The van der Waals surface area contributed by atoms with Gasteiger partial charge in [0.25, 0.3) is 5.91 Å². The number of halogens is 1. The van der Waals surface area contributed by atoms with Gasteiger partial charge in [0, 0.05) is 53.8 Å². The van der Waals surface area contributed by atoms with Crippen molar-refractivity contribution in [2.45, 2.75) is 86.1 Å². The number of fused-ring (bicyclic) bond motifs is 1. The average Bonchev–Trinajstić information content (AvgIpc) is 3.22. The molecule has 0 saturated carbocycles. The molecule has 0 radical (unpaired) electrons. The van der Waals surface area contributed by atoms with Crippen LogP contribution in [0.25, 0.3) is 10.9 Å². The monoisotopic (exact) mass is 599 g/mol. The molecule has 0 fully saturated rings. The van der Waals surface area contributed by atoms with E-state index in [-0.39, 0.29) is 17.1 Å². The number of unbranched alkanes of at least 4 members (excludes halogenated alkanes) is 4. The van der Waals surface area contributed by atoms with Crippen molar-refractivity contribution in [1.82, 2.24) is 14.5 Å². The van der Waals surface area contributed by atoms with Gasteiger partial charge in [0.05, 0.1) is 11.2 Å². The first-order valence-electron chi connectivity index (χ1n) is 15.6. The molecule has 0 unspecified atom stereocenters. The van der Waals surface area contributed by atoms with Crippen LogP contribution in [-0.2, 0) is 17.8 Å². The quantitative estimate of drug-likeness (QED) is 0.136. The standard InChI is InChI=1S/C37H46ClN3O2/c1-27-15-20-35-34(23-27)33(28(2)41(35)36(43)29-16-18-30(38)19-17-29)24-32(42)14-9-7-6-8-12-22-40(26-37(3,4)5)25-31-13-10-11-21-39-31/h10-11,13,15-21,23H,6-9,12,14,22,24-26H2,1-5H3. The van der Waals surface area contributed by atoms with E-state index < -0.39 is 0 Å². The maximum Gasteiger partial charge on any atom is 0.262 e. The van der Waals surface area contributed by atoms with Gasteiger partial charge in [0.2, 0.25) is 0 Å². The van der Waals surface area contributed by atoms with Gasteiger partial charge >= 0.3 is 0 Å². The smallest absolute Gasteiger partial charge is 0.262 e. The summed E-state index contributed by atoms with van der Waals surface area (Å²) < 4.78 is 1.75. The summed E-state index contributed by atoms with van der Waals surface area (Å²) in [6.45, 7) is 13.8. The second kappa shape index (κ2) is 14.9. The Morgan fingerprint density at radius 3 is 2.33 bits per heavy atom. The highest BCUT2D eigenvalue weighted by atomic mass is 35.5. The molecule has 6 heteroatoms. The summed E-state index contributed by atoms with van der Waals surface area (Å²) in [7, 11) is 0. The van der Waals surface area contributed by atoms with Crippen LogP contribution in [0.3, 0.4) is 0 Å². The van der Waals surface area contributed by atoms with E-state index in [0.717, 1.165) is 85.2 Å². The first-order valence-corrected chi connectivity index (χ1v) is 15.9. The Balaban J connectivity index is 1.29. The Kier molecular flexibility index (Phi) is 11.3. The zero-order valence-corrected chi connectivity index (χ0v) is 27.2. The molecule has 43 heavy (non-hydrogen) atoms. The topological polar surface area (TPSA) is 55.2 Å². The highest BCUT2D eigenvalue weighted by Gasteiger charge is 2.22. The van der Waals surface area contributed by atoms with Gasteiger partial charge in [0.15, 0.2) is 0 Å². The Hall–Kier alpha value is -3.28. The van der Waals surface area contributed by atoms with Crippen LogP contribution >= 0.6 is 11.6 Å². The average molecular weight is 600 g/mol. The van der Waals surface area contributed by atoms with E-state index in [1.807, 2.05) is 38.2 Å². The third-order valence-corrected chi connectivity index (χ3v) is 8.15. The molecule has 0 amide bonds. The van der Waals surface area contributed by atoms with Crippen molar-refractivity contribution < 1.29 is 9.59 Å². The summed E-state index contributed by atoms with van der Waals surface area (Å²) in [6, 6.07) is 19.2.